The van der Waals surface area contributed by atoms with Crippen molar-refractivity contribution in [2.45, 2.75) is 25.8 Å². The van der Waals surface area contributed by atoms with E-state index in [1.54, 1.807) is 0 Å². The van der Waals surface area contributed by atoms with Crippen molar-refractivity contribution >= 4 is 5.84 Å². The Hall–Kier alpha value is -1.95. The lowest BCUT2D eigenvalue weighted by molar-refractivity contribution is 0.210. The van der Waals surface area contributed by atoms with Gasteiger partial charge in [0.05, 0.1) is 12.6 Å². The molecule has 1 saturated heterocycles. The minimum absolute atomic E-state index is 0.0146. The van der Waals surface area contributed by atoms with Gasteiger partial charge in [-0.3, -0.25) is 4.90 Å². The average molecular weight is 293 g/mol. The van der Waals surface area contributed by atoms with Crippen molar-refractivity contribution in [3.63, 3.8) is 0 Å². The number of para-hydroxylation sites is 2. The van der Waals surface area contributed by atoms with Gasteiger partial charge in [0, 0.05) is 6.54 Å². The van der Waals surface area contributed by atoms with Crippen molar-refractivity contribution in [2.24, 2.45) is 10.9 Å². The van der Waals surface area contributed by atoms with Gasteiger partial charge in [-0.15, -0.1) is 0 Å². The summed E-state index contributed by atoms with van der Waals surface area (Å²) in [6, 6.07) is 7.66. The molecule has 0 amide bonds. The molecule has 0 radical (unpaired) electrons. The molecule has 116 valence electrons. The predicted octanol–water partition coefficient (Wildman–Crippen LogP) is 1.67. The largest absolute Gasteiger partial charge is 0.490 e. The Morgan fingerprint density at radius 1 is 1.38 bits per heavy atom. The molecule has 2 rings (SSSR count). The minimum atomic E-state index is 0.0146. The van der Waals surface area contributed by atoms with Gasteiger partial charge in [-0.05, 0) is 38.4 Å². The third-order valence-electron chi connectivity index (χ3n) is 3.61. The highest BCUT2D eigenvalue weighted by molar-refractivity contribution is 5.85. The maximum absolute atomic E-state index is 8.80. The van der Waals surface area contributed by atoms with E-state index in [1.807, 2.05) is 31.2 Å². The van der Waals surface area contributed by atoms with E-state index in [9.17, 15) is 0 Å². The van der Waals surface area contributed by atoms with Crippen LogP contribution in [0.25, 0.3) is 0 Å². The number of hydrogen-bond donors (Lipinski definition) is 2. The fourth-order valence-corrected chi connectivity index (χ4v) is 2.61. The van der Waals surface area contributed by atoms with Crippen molar-refractivity contribution in [1.29, 1.82) is 0 Å². The van der Waals surface area contributed by atoms with Gasteiger partial charge in [0.2, 0.25) is 0 Å². The van der Waals surface area contributed by atoms with Crippen molar-refractivity contribution in [1.82, 2.24) is 4.90 Å². The maximum atomic E-state index is 8.80. The van der Waals surface area contributed by atoms with Crippen LogP contribution in [-0.2, 0) is 0 Å². The number of ether oxygens (including phenoxy) is 2. The van der Waals surface area contributed by atoms with Gasteiger partial charge in [-0.1, -0.05) is 17.3 Å². The first-order chi connectivity index (χ1) is 10.3. The summed E-state index contributed by atoms with van der Waals surface area (Å²) in [6.07, 6.45) is 1.97. The first kappa shape index (κ1) is 15.4. The Balaban J connectivity index is 1.87. The number of nitrogens with zero attached hydrogens (tertiary/aromatic N) is 2. The molecule has 3 N–H and O–H groups in total. The number of amidine groups is 1. The van der Waals surface area contributed by atoms with Crippen LogP contribution in [0.4, 0.5) is 0 Å². The molecule has 0 aromatic heterocycles. The van der Waals surface area contributed by atoms with Crippen LogP contribution in [-0.4, -0.2) is 48.3 Å². The predicted molar refractivity (Wildman–Crippen MR) is 81.1 cm³/mol. The SMILES string of the molecule is CCOc1ccccc1OCCN1CCCC1C(N)=NO. The first-order valence-electron chi connectivity index (χ1n) is 7.32. The van der Waals surface area contributed by atoms with Crippen LogP contribution in [0.3, 0.4) is 0 Å². The van der Waals surface area contributed by atoms with Crippen molar-refractivity contribution in [2.75, 3.05) is 26.3 Å². The Kier molecular flexibility index (Phi) is 5.68. The molecule has 6 nitrogen and oxygen atoms in total. The van der Waals surface area contributed by atoms with Gasteiger partial charge < -0.3 is 20.4 Å². The van der Waals surface area contributed by atoms with E-state index in [1.165, 1.54) is 0 Å². The molecule has 1 aromatic rings. The quantitative estimate of drug-likeness (QED) is 0.346. The van der Waals surface area contributed by atoms with Gasteiger partial charge in [0.15, 0.2) is 17.3 Å². The van der Waals surface area contributed by atoms with E-state index in [0.717, 1.165) is 37.4 Å². The van der Waals surface area contributed by atoms with E-state index >= 15 is 0 Å². The van der Waals surface area contributed by atoms with Crippen LogP contribution >= 0.6 is 0 Å². The summed E-state index contributed by atoms with van der Waals surface area (Å²) in [5.74, 6) is 1.79. The standard InChI is InChI=1S/C15H23N3O3/c1-2-20-13-7-3-4-8-14(13)21-11-10-18-9-5-6-12(18)15(16)17-19/h3-4,7-8,12,19H,2,5-6,9-11H2,1H3,(H2,16,17). The lowest BCUT2D eigenvalue weighted by atomic mass is 10.2. The number of likely N-dealkylation sites (tertiary alicyclic amines) is 1. The van der Waals surface area contributed by atoms with E-state index in [-0.39, 0.29) is 11.9 Å². The Morgan fingerprint density at radius 3 is 2.76 bits per heavy atom. The topological polar surface area (TPSA) is 80.3 Å². The van der Waals surface area contributed by atoms with Gasteiger partial charge >= 0.3 is 0 Å². The number of hydrogen-bond acceptors (Lipinski definition) is 5. The minimum Gasteiger partial charge on any atom is -0.490 e. The van der Waals surface area contributed by atoms with Crippen LogP contribution in [0.2, 0.25) is 0 Å². The molecule has 1 aliphatic heterocycles. The fourth-order valence-electron chi connectivity index (χ4n) is 2.61. The molecule has 1 atom stereocenters. The third-order valence-corrected chi connectivity index (χ3v) is 3.61. The van der Waals surface area contributed by atoms with Gasteiger partial charge in [0.25, 0.3) is 0 Å². The maximum Gasteiger partial charge on any atom is 0.161 e. The van der Waals surface area contributed by atoms with Crippen LogP contribution in [0.15, 0.2) is 29.4 Å². The van der Waals surface area contributed by atoms with Crippen LogP contribution in [0, 0.1) is 0 Å². The van der Waals surface area contributed by atoms with E-state index in [4.69, 9.17) is 20.4 Å². The number of oxime groups is 1. The third kappa shape index (κ3) is 4.01. The molecular formula is C15H23N3O3. The van der Waals surface area contributed by atoms with E-state index < -0.39 is 0 Å². The molecule has 0 aliphatic carbocycles. The summed E-state index contributed by atoms with van der Waals surface area (Å²) in [6.45, 7) is 4.78. The molecule has 0 spiro atoms. The fraction of sp³-hybridized carbons (Fsp3) is 0.533. The molecular weight excluding hydrogens is 270 g/mol. The van der Waals surface area contributed by atoms with E-state index in [2.05, 4.69) is 10.1 Å². The zero-order chi connectivity index (χ0) is 15.1. The molecule has 1 unspecified atom stereocenters. The van der Waals surface area contributed by atoms with Gasteiger partial charge in [-0.2, -0.15) is 0 Å². The average Bonchev–Trinajstić information content (AvgIpc) is 2.97. The number of rotatable bonds is 7. The van der Waals surface area contributed by atoms with Crippen LogP contribution < -0.4 is 15.2 Å². The zero-order valence-corrected chi connectivity index (χ0v) is 12.4. The molecule has 1 aromatic carbocycles. The Morgan fingerprint density at radius 2 is 2.10 bits per heavy atom. The number of benzene rings is 1. The molecule has 0 bridgehead atoms. The highest BCUT2D eigenvalue weighted by atomic mass is 16.5. The molecule has 0 saturated carbocycles. The molecule has 1 aliphatic rings. The summed E-state index contributed by atoms with van der Waals surface area (Å²) in [5, 5.41) is 11.9. The van der Waals surface area contributed by atoms with Crippen molar-refractivity contribution in [3.05, 3.63) is 24.3 Å². The Labute approximate surface area is 125 Å². The van der Waals surface area contributed by atoms with Crippen molar-refractivity contribution in [3.8, 4) is 11.5 Å². The zero-order valence-electron chi connectivity index (χ0n) is 12.4. The second-order valence-corrected chi connectivity index (χ2v) is 4.95. The van der Waals surface area contributed by atoms with Gasteiger partial charge in [0.1, 0.15) is 6.61 Å². The Bertz CT molecular complexity index is 479. The molecule has 1 fully saturated rings. The summed E-state index contributed by atoms with van der Waals surface area (Å²) >= 11 is 0. The summed E-state index contributed by atoms with van der Waals surface area (Å²) in [4.78, 5) is 2.18. The lowest BCUT2D eigenvalue weighted by Crippen LogP contribution is -2.42. The van der Waals surface area contributed by atoms with Crippen molar-refractivity contribution < 1.29 is 14.7 Å². The summed E-state index contributed by atoms with van der Waals surface area (Å²) < 4.78 is 11.3. The number of nitrogens with two attached hydrogens (primary N) is 1. The monoisotopic (exact) mass is 293 g/mol. The van der Waals surface area contributed by atoms with E-state index in [0.29, 0.717) is 13.2 Å². The first-order valence-corrected chi connectivity index (χ1v) is 7.32. The highest BCUT2D eigenvalue weighted by Crippen LogP contribution is 2.26. The summed E-state index contributed by atoms with van der Waals surface area (Å²) in [5.41, 5.74) is 5.71. The van der Waals surface area contributed by atoms with Crippen LogP contribution in [0.5, 0.6) is 11.5 Å². The highest BCUT2D eigenvalue weighted by Gasteiger charge is 2.27. The summed E-state index contributed by atoms with van der Waals surface area (Å²) in [7, 11) is 0. The smallest absolute Gasteiger partial charge is 0.161 e. The second-order valence-electron chi connectivity index (χ2n) is 4.95. The molecule has 21 heavy (non-hydrogen) atoms. The molecule has 6 heteroatoms. The lowest BCUT2D eigenvalue weighted by Gasteiger charge is -2.23. The molecule has 1 heterocycles. The second kappa shape index (κ2) is 7.73. The van der Waals surface area contributed by atoms with Gasteiger partial charge in [-0.25, -0.2) is 0 Å². The normalized spacial score (nSPS) is 19.7. The van der Waals surface area contributed by atoms with Crippen LogP contribution in [0.1, 0.15) is 19.8 Å².